The van der Waals surface area contributed by atoms with Crippen molar-refractivity contribution in [3.8, 4) is 11.5 Å². The highest BCUT2D eigenvalue weighted by atomic mass is 16.5. The van der Waals surface area contributed by atoms with Crippen molar-refractivity contribution in [2.75, 3.05) is 26.9 Å². The van der Waals surface area contributed by atoms with Gasteiger partial charge in [0.15, 0.2) is 17.3 Å². The second-order valence-corrected chi connectivity index (χ2v) is 4.17. The number of Topliss-reactive ketones (excluding diaryl/α,β-unsaturated/α-hetero) is 1. The van der Waals surface area contributed by atoms with E-state index in [1.54, 1.807) is 25.1 Å². The molecule has 0 bridgehead atoms. The van der Waals surface area contributed by atoms with Crippen molar-refractivity contribution >= 4 is 11.8 Å². The van der Waals surface area contributed by atoms with E-state index in [9.17, 15) is 9.59 Å². The van der Waals surface area contributed by atoms with Crippen LogP contribution in [0.1, 0.15) is 30.1 Å². The molecule has 0 saturated heterocycles. The molecule has 0 aliphatic carbocycles. The van der Waals surface area contributed by atoms with Gasteiger partial charge in [-0.15, -0.1) is 0 Å². The van der Waals surface area contributed by atoms with E-state index in [1.165, 1.54) is 7.11 Å². The number of esters is 1. The Morgan fingerprint density at radius 1 is 1.19 bits per heavy atom. The van der Waals surface area contributed by atoms with Crippen molar-refractivity contribution in [3.05, 3.63) is 23.8 Å². The maximum absolute atomic E-state index is 12.0. The van der Waals surface area contributed by atoms with Crippen LogP contribution in [0.2, 0.25) is 0 Å². The second kappa shape index (κ2) is 8.97. The molecule has 1 aromatic carbocycles. The normalized spacial score (nSPS) is 10.0. The highest BCUT2D eigenvalue weighted by Crippen LogP contribution is 2.28. The summed E-state index contributed by atoms with van der Waals surface area (Å²) in [4.78, 5) is 23.2. The van der Waals surface area contributed by atoms with Gasteiger partial charge < -0.3 is 19.3 Å². The summed E-state index contributed by atoms with van der Waals surface area (Å²) in [7, 11) is 1.47. The van der Waals surface area contributed by atoms with Crippen molar-refractivity contribution in [1.29, 1.82) is 0 Å². The van der Waals surface area contributed by atoms with E-state index in [-0.39, 0.29) is 37.8 Å². The van der Waals surface area contributed by atoms with Gasteiger partial charge in [-0.25, -0.2) is 0 Å². The molecule has 0 heterocycles. The summed E-state index contributed by atoms with van der Waals surface area (Å²) in [5.41, 5.74) is 0.437. The molecule has 1 rings (SSSR count). The zero-order valence-corrected chi connectivity index (χ0v) is 12.3. The minimum absolute atomic E-state index is 0.0533. The van der Waals surface area contributed by atoms with Crippen molar-refractivity contribution in [2.45, 2.75) is 19.8 Å². The Balaban J connectivity index is 2.70. The molecule has 0 atom stereocenters. The molecular formula is C15H20O6. The number of ketones is 1. The third-order valence-electron chi connectivity index (χ3n) is 2.70. The van der Waals surface area contributed by atoms with Gasteiger partial charge in [0.05, 0.1) is 26.7 Å². The Hall–Kier alpha value is -2.08. The van der Waals surface area contributed by atoms with Gasteiger partial charge in [-0.2, -0.15) is 0 Å². The van der Waals surface area contributed by atoms with E-state index in [0.717, 1.165) is 0 Å². The molecule has 0 aromatic heterocycles. The monoisotopic (exact) mass is 296 g/mol. The van der Waals surface area contributed by atoms with Crippen LogP contribution >= 0.6 is 0 Å². The van der Waals surface area contributed by atoms with Crippen molar-refractivity contribution < 1.29 is 28.9 Å². The lowest BCUT2D eigenvalue weighted by atomic mass is 10.1. The number of carbonyl (C=O) groups is 2. The fourth-order valence-corrected chi connectivity index (χ4v) is 1.71. The average Bonchev–Trinajstić information content (AvgIpc) is 2.50. The lowest BCUT2D eigenvalue weighted by molar-refractivity contribution is -0.143. The first-order chi connectivity index (χ1) is 10.1. The lowest BCUT2D eigenvalue weighted by Gasteiger charge is -2.11. The standard InChI is InChI=1S/C15H20O6/c1-3-20-15(18)7-5-12(17)11-4-6-13(21-9-8-16)14(10-11)19-2/h4,6,10,16H,3,5,7-9H2,1-2H3. The first kappa shape index (κ1) is 17.0. The molecule has 0 aliphatic heterocycles. The average molecular weight is 296 g/mol. The first-order valence-electron chi connectivity index (χ1n) is 6.72. The summed E-state index contributed by atoms with van der Waals surface area (Å²) in [5, 5.41) is 8.74. The minimum Gasteiger partial charge on any atom is -0.493 e. The smallest absolute Gasteiger partial charge is 0.306 e. The van der Waals surface area contributed by atoms with E-state index in [1.807, 2.05) is 0 Å². The zero-order valence-electron chi connectivity index (χ0n) is 12.3. The van der Waals surface area contributed by atoms with Crippen LogP contribution in [0, 0.1) is 0 Å². The number of hydrogen-bond donors (Lipinski definition) is 1. The Labute approximate surface area is 123 Å². The van der Waals surface area contributed by atoms with Crippen LogP contribution in [-0.2, 0) is 9.53 Å². The summed E-state index contributed by atoms with van der Waals surface area (Å²) in [5.74, 6) is 0.301. The Kier molecular flexibility index (Phi) is 7.25. The number of rotatable bonds is 9. The van der Waals surface area contributed by atoms with E-state index < -0.39 is 0 Å². The summed E-state index contributed by atoms with van der Waals surface area (Å²) >= 11 is 0. The van der Waals surface area contributed by atoms with Gasteiger partial charge in [-0.05, 0) is 25.1 Å². The number of hydrogen-bond acceptors (Lipinski definition) is 6. The molecule has 21 heavy (non-hydrogen) atoms. The molecule has 0 aliphatic rings. The Bertz CT molecular complexity index is 483. The van der Waals surface area contributed by atoms with Crippen molar-refractivity contribution in [1.82, 2.24) is 0 Å². The van der Waals surface area contributed by atoms with Crippen LogP contribution in [0.4, 0.5) is 0 Å². The van der Waals surface area contributed by atoms with Crippen molar-refractivity contribution in [3.63, 3.8) is 0 Å². The predicted molar refractivity (Wildman–Crippen MR) is 75.8 cm³/mol. The molecule has 1 N–H and O–H groups in total. The lowest BCUT2D eigenvalue weighted by Crippen LogP contribution is -2.08. The molecular weight excluding hydrogens is 276 g/mol. The number of aliphatic hydroxyl groups is 1. The highest BCUT2D eigenvalue weighted by molar-refractivity contribution is 5.98. The van der Waals surface area contributed by atoms with Crippen LogP contribution < -0.4 is 9.47 Å². The molecule has 6 nitrogen and oxygen atoms in total. The van der Waals surface area contributed by atoms with Crippen LogP contribution in [0.5, 0.6) is 11.5 Å². The van der Waals surface area contributed by atoms with Crippen molar-refractivity contribution in [2.24, 2.45) is 0 Å². The van der Waals surface area contributed by atoms with Gasteiger partial charge in [0.2, 0.25) is 0 Å². The van der Waals surface area contributed by atoms with Crippen LogP contribution in [0.15, 0.2) is 18.2 Å². The number of methoxy groups -OCH3 is 1. The third kappa shape index (κ3) is 5.43. The summed E-state index contributed by atoms with van der Waals surface area (Å²) in [6.07, 6.45) is 0.136. The van der Waals surface area contributed by atoms with E-state index in [4.69, 9.17) is 19.3 Å². The van der Waals surface area contributed by atoms with Crippen LogP contribution in [-0.4, -0.2) is 43.8 Å². The SMILES string of the molecule is CCOC(=O)CCC(=O)c1ccc(OCCO)c(OC)c1. The number of ether oxygens (including phenoxy) is 3. The number of benzene rings is 1. The Morgan fingerprint density at radius 3 is 2.57 bits per heavy atom. The van der Waals surface area contributed by atoms with Crippen LogP contribution in [0.3, 0.4) is 0 Å². The fraction of sp³-hybridized carbons (Fsp3) is 0.467. The molecule has 0 saturated carbocycles. The highest BCUT2D eigenvalue weighted by Gasteiger charge is 2.13. The number of carbonyl (C=O) groups excluding carboxylic acids is 2. The predicted octanol–water partition coefficient (Wildman–Crippen LogP) is 1.59. The van der Waals surface area contributed by atoms with E-state index in [2.05, 4.69) is 0 Å². The molecule has 0 fully saturated rings. The van der Waals surface area contributed by atoms with Gasteiger partial charge in [-0.1, -0.05) is 0 Å². The molecule has 0 unspecified atom stereocenters. The molecule has 116 valence electrons. The van der Waals surface area contributed by atoms with Gasteiger partial charge >= 0.3 is 5.97 Å². The molecule has 0 radical (unpaired) electrons. The third-order valence-corrected chi connectivity index (χ3v) is 2.70. The maximum atomic E-state index is 12.0. The topological polar surface area (TPSA) is 82.1 Å². The fourth-order valence-electron chi connectivity index (χ4n) is 1.71. The second-order valence-electron chi connectivity index (χ2n) is 4.17. The molecule has 0 spiro atoms. The van der Waals surface area contributed by atoms with Gasteiger partial charge in [0.25, 0.3) is 0 Å². The largest absolute Gasteiger partial charge is 0.493 e. The molecule has 1 aromatic rings. The Morgan fingerprint density at radius 2 is 1.95 bits per heavy atom. The molecule has 0 amide bonds. The maximum Gasteiger partial charge on any atom is 0.306 e. The summed E-state index contributed by atoms with van der Waals surface area (Å²) in [6.45, 7) is 2.06. The van der Waals surface area contributed by atoms with Crippen LogP contribution in [0.25, 0.3) is 0 Å². The van der Waals surface area contributed by atoms with Gasteiger partial charge in [0.1, 0.15) is 6.61 Å². The number of aliphatic hydroxyl groups excluding tert-OH is 1. The zero-order chi connectivity index (χ0) is 15.7. The quantitative estimate of drug-likeness (QED) is 0.550. The van der Waals surface area contributed by atoms with E-state index >= 15 is 0 Å². The van der Waals surface area contributed by atoms with Gasteiger partial charge in [-0.3, -0.25) is 9.59 Å². The first-order valence-corrected chi connectivity index (χ1v) is 6.72. The van der Waals surface area contributed by atoms with Gasteiger partial charge in [0, 0.05) is 12.0 Å². The summed E-state index contributed by atoms with van der Waals surface area (Å²) in [6, 6.07) is 4.76. The minimum atomic E-state index is -0.388. The summed E-state index contributed by atoms with van der Waals surface area (Å²) < 4.78 is 15.2. The van der Waals surface area contributed by atoms with E-state index in [0.29, 0.717) is 23.7 Å². The molecule has 6 heteroatoms.